The third-order valence-electron chi connectivity index (χ3n) is 4.51. The van der Waals surface area contributed by atoms with Gasteiger partial charge in [-0.15, -0.1) is 0 Å². The van der Waals surface area contributed by atoms with Gasteiger partial charge in [0.15, 0.2) is 11.6 Å². The molecule has 1 aliphatic heterocycles. The third kappa shape index (κ3) is 4.53. The zero-order valence-electron chi connectivity index (χ0n) is 15.9. The van der Waals surface area contributed by atoms with E-state index < -0.39 is 0 Å². The molecule has 0 bridgehead atoms. The highest BCUT2D eigenvalue weighted by Gasteiger charge is 2.15. The molecule has 4 rings (SSSR count). The van der Waals surface area contributed by atoms with Crippen molar-refractivity contribution in [3.05, 3.63) is 71.8 Å². The standard InChI is InChI=1S/C22H23N5O/c1-17-6-5-7-18(14-17)16-23-26-20-15-21(27-10-12-28-13-11-27)25-22(24-20)19-8-3-2-4-9-19/h2-9,14-16H,10-13H2,1H3,(H,24,25,26)/b23-16+. The number of hydrogen-bond donors (Lipinski definition) is 1. The topological polar surface area (TPSA) is 62.6 Å². The van der Waals surface area contributed by atoms with Gasteiger partial charge in [-0.25, -0.2) is 9.97 Å². The van der Waals surface area contributed by atoms with E-state index in [1.54, 1.807) is 6.21 Å². The van der Waals surface area contributed by atoms with Crippen LogP contribution in [0, 0.1) is 6.92 Å². The first-order chi connectivity index (χ1) is 13.8. The highest BCUT2D eigenvalue weighted by atomic mass is 16.5. The monoisotopic (exact) mass is 373 g/mol. The van der Waals surface area contributed by atoms with Crippen LogP contribution in [0.25, 0.3) is 11.4 Å². The van der Waals surface area contributed by atoms with E-state index in [1.165, 1.54) is 5.56 Å². The molecule has 0 amide bonds. The van der Waals surface area contributed by atoms with Crippen molar-refractivity contribution in [1.82, 2.24) is 9.97 Å². The van der Waals surface area contributed by atoms with E-state index in [4.69, 9.17) is 9.72 Å². The van der Waals surface area contributed by atoms with Crippen LogP contribution in [0.1, 0.15) is 11.1 Å². The summed E-state index contributed by atoms with van der Waals surface area (Å²) in [5.74, 6) is 2.22. The summed E-state index contributed by atoms with van der Waals surface area (Å²) in [6, 6.07) is 20.1. The van der Waals surface area contributed by atoms with Crippen molar-refractivity contribution in [2.75, 3.05) is 36.6 Å². The molecule has 0 unspecified atom stereocenters. The smallest absolute Gasteiger partial charge is 0.163 e. The molecule has 2 aromatic carbocycles. The average Bonchev–Trinajstić information content (AvgIpc) is 2.75. The van der Waals surface area contributed by atoms with Gasteiger partial charge in [-0.1, -0.05) is 60.2 Å². The van der Waals surface area contributed by atoms with Crippen LogP contribution in [0.3, 0.4) is 0 Å². The largest absolute Gasteiger partial charge is 0.378 e. The molecule has 0 aliphatic carbocycles. The molecule has 1 N–H and O–H groups in total. The van der Waals surface area contributed by atoms with E-state index in [1.807, 2.05) is 48.5 Å². The second-order valence-electron chi connectivity index (χ2n) is 6.68. The quantitative estimate of drug-likeness (QED) is 0.545. The first-order valence-corrected chi connectivity index (χ1v) is 9.41. The summed E-state index contributed by atoms with van der Waals surface area (Å²) in [5.41, 5.74) is 6.28. The summed E-state index contributed by atoms with van der Waals surface area (Å²) in [5, 5.41) is 4.37. The molecule has 2 heterocycles. The minimum Gasteiger partial charge on any atom is -0.378 e. The lowest BCUT2D eigenvalue weighted by atomic mass is 10.2. The minimum atomic E-state index is 0.666. The van der Waals surface area contributed by atoms with E-state index in [0.717, 1.165) is 30.0 Å². The predicted octanol–water partition coefficient (Wildman–Crippen LogP) is 3.73. The molecule has 1 fully saturated rings. The molecule has 0 atom stereocenters. The number of benzene rings is 2. The van der Waals surface area contributed by atoms with Crippen molar-refractivity contribution in [1.29, 1.82) is 0 Å². The lowest BCUT2D eigenvalue weighted by molar-refractivity contribution is 0.122. The van der Waals surface area contributed by atoms with Crippen molar-refractivity contribution >= 4 is 17.9 Å². The van der Waals surface area contributed by atoms with E-state index >= 15 is 0 Å². The fraction of sp³-hybridized carbons (Fsp3) is 0.227. The van der Waals surface area contributed by atoms with Crippen LogP contribution in [0.4, 0.5) is 11.6 Å². The number of aromatic nitrogens is 2. The zero-order chi connectivity index (χ0) is 19.2. The van der Waals surface area contributed by atoms with Crippen LogP contribution >= 0.6 is 0 Å². The minimum absolute atomic E-state index is 0.666. The first-order valence-electron chi connectivity index (χ1n) is 9.41. The maximum atomic E-state index is 5.47. The van der Waals surface area contributed by atoms with Gasteiger partial charge in [0.25, 0.3) is 0 Å². The molecule has 28 heavy (non-hydrogen) atoms. The van der Waals surface area contributed by atoms with Crippen molar-refractivity contribution in [3.8, 4) is 11.4 Å². The molecule has 3 aromatic rings. The van der Waals surface area contributed by atoms with Gasteiger partial charge in [-0.2, -0.15) is 5.10 Å². The number of nitrogens with zero attached hydrogens (tertiary/aromatic N) is 4. The van der Waals surface area contributed by atoms with E-state index in [9.17, 15) is 0 Å². The molecule has 6 heteroatoms. The summed E-state index contributed by atoms with van der Waals surface area (Å²) in [6.07, 6.45) is 1.80. The SMILES string of the molecule is Cc1cccc(/C=N/Nc2cc(N3CCOCC3)nc(-c3ccccc3)n2)c1. The van der Waals surface area contributed by atoms with Crippen LogP contribution in [0.2, 0.25) is 0 Å². The number of aryl methyl sites for hydroxylation is 1. The Kier molecular flexibility index (Phi) is 5.58. The van der Waals surface area contributed by atoms with Crippen molar-refractivity contribution in [2.45, 2.75) is 6.92 Å². The highest BCUT2D eigenvalue weighted by Crippen LogP contribution is 2.23. The zero-order valence-corrected chi connectivity index (χ0v) is 15.9. The average molecular weight is 373 g/mol. The van der Waals surface area contributed by atoms with Crippen LogP contribution in [-0.4, -0.2) is 42.5 Å². The fourth-order valence-corrected chi connectivity index (χ4v) is 3.09. The van der Waals surface area contributed by atoms with Crippen LogP contribution in [0.15, 0.2) is 65.8 Å². The number of hydrazone groups is 1. The predicted molar refractivity (Wildman–Crippen MR) is 113 cm³/mol. The molecule has 142 valence electrons. The maximum Gasteiger partial charge on any atom is 0.163 e. The van der Waals surface area contributed by atoms with Crippen LogP contribution in [-0.2, 0) is 4.74 Å². The molecular formula is C22H23N5O. The van der Waals surface area contributed by atoms with Crippen LogP contribution in [0.5, 0.6) is 0 Å². The summed E-state index contributed by atoms with van der Waals surface area (Å²) in [4.78, 5) is 11.6. The van der Waals surface area contributed by atoms with Gasteiger partial charge in [-0.3, -0.25) is 5.43 Å². The molecule has 0 saturated carbocycles. The molecule has 1 aliphatic rings. The van der Waals surface area contributed by atoms with Gasteiger partial charge in [0.05, 0.1) is 19.4 Å². The number of hydrogen-bond acceptors (Lipinski definition) is 6. The number of anilines is 2. The summed E-state index contributed by atoms with van der Waals surface area (Å²) in [7, 11) is 0. The lowest BCUT2D eigenvalue weighted by Gasteiger charge is -2.28. The summed E-state index contributed by atoms with van der Waals surface area (Å²) in [6.45, 7) is 5.11. The number of rotatable bonds is 5. The van der Waals surface area contributed by atoms with E-state index in [-0.39, 0.29) is 0 Å². The molecule has 1 saturated heterocycles. The number of nitrogens with one attached hydrogen (secondary N) is 1. The van der Waals surface area contributed by atoms with Gasteiger partial charge in [0, 0.05) is 24.7 Å². The highest BCUT2D eigenvalue weighted by molar-refractivity contribution is 5.80. The summed E-state index contributed by atoms with van der Waals surface area (Å²) >= 11 is 0. The van der Waals surface area contributed by atoms with Gasteiger partial charge in [0.1, 0.15) is 5.82 Å². The van der Waals surface area contributed by atoms with Gasteiger partial charge < -0.3 is 9.64 Å². The Morgan fingerprint density at radius 2 is 1.82 bits per heavy atom. The molecule has 6 nitrogen and oxygen atoms in total. The van der Waals surface area contributed by atoms with Gasteiger partial charge in [-0.05, 0) is 12.5 Å². The third-order valence-corrected chi connectivity index (χ3v) is 4.51. The Morgan fingerprint density at radius 3 is 2.61 bits per heavy atom. The Hall–Kier alpha value is -3.25. The van der Waals surface area contributed by atoms with E-state index in [0.29, 0.717) is 24.9 Å². The fourth-order valence-electron chi connectivity index (χ4n) is 3.09. The Bertz CT molecular complexity index is 952. The second kappa shape index (κ2) is 8.63. The maximum absolute atomic E-state index is 5.47. The Morgan fingerprint density at radius 1 is 1.00 bits per heavy atom. The Balaban J connectivity index is 1.61. The van der Waals surface area contributed by atoms with Crippen LogP contribution < -0.4 is 10.3 Å². The molecule has 0 radical (unpaired) electrons. The van der Waals surface area contributed by atoms with Crippen molar-refractivity contribution in [2.24, 2.45) is 5.10 Å². The lowest BCUT2D eigenvalue weighted by Crippen LogP contribution is -2.36. The summed E-state index contributed by atoms with van der Waals surface area (Å²) < 4.78 is 5.47. The van der Waals surface area contributed by atoms with Gasteiger partial charge >= 0.3 is 0 Å². The second-order valence-corrected chi connectivity index (χ2v) is 6.68. The molecule has 1 aromatic heterocycles. The molecular weight excluding hydrogens is 350 g/mol. The van der Waals surface area contributed by atoms with Crippen molar-refractivity contribution in [3.63, 3.8) is 0 Å². The van der Waals surface area contributed by atoms with Gasteiger partial charge in [0.2, 0.25) is 0 Å². The number of morpholine rings is 1. The number of ether oxygens (including phenoxy) is 1. The van der Waals surface area contributed by atoms with E-state index in [2.05, 4.69) is 39.5 Å². The normalized spacial score (nSPS) is 14.4. The first kappa shape index (κ1) is 18.1. The Labute approximate surface area is 164 Å². The molecule has 0 spiro atoms. The van der Waals surface area contributed by atoms with Crippen molar-refractivity contribution < 1.29 is 4.74 Å².